The van der Waals surface area contributed by atoms with Crippen LogP contribution >= 0.6 is 11.8 Å². The van der Waals surface area contributed by atoms with E-state index in [1.54, 1.807) is 12.1 Å². The van der Waals surface area contributed by atoms with E-state index in [9.17, 15) is 14.7 Å². The minimum absolute atomic E-state index is 0.121. The van der Waals surface area contributed by atoms with Crippen LogP contribution in [-0.4, -0.2) is 28.6 Å². The van der Waals surface area contributed by atoms with Crippen molar-refractivity contribution in [3.8, 4) is 11.5 Å². The molecule has 0 saturated carbocycles. The summed E-state index contributed by atoms with van der Waals surface area (Å²) in [6, 6.07) is 13.2. The molecular weight excluding hydrogens is 350 g/mol. The molecule has 5 nitrogen and oxygen atoms in total. The zero-order valence-corrected chi connectivity index (χ0v) is 15.1. The number of amides is 2. The first-order valence-corrected chi connectivity index (χ1v) is 9.06. The van der Waals surface area contributed by atoms with Gasteiger partial charge in [0, 0.05) is 0 Å². The molecule has 2 aromatic rings. The van der Waals surface area contributed by atoms with Gasteiger partial charge < -0.3 is 9.84 Å². The third kappa shape index (κ3) is 4.46. The summed E-state index contributed by atoms with van der Waals surface area (Å²) in [7, 11) is 1.52. The summed E-state index contributed by atoms with van der Waals surface area (Å²) in [5.41, 5.74) is 3.13. The van der Waals surface area contributed by atoms with Gasteiger partial charge in [-0.3, -0.25) is 14.9 Å². The van der Waals surface area contributed by atoms with Gasteiger partial charge in [-0.1, -0.05) is 54.2 Å². The SMILES string of the molecule is COc1cc(C=CCc2ccc(CC3SC(=O)NC3=O)cc2)ccc1O. The van der Waals surface area contributed by atoms with E-state index in [2.05, 4.69) is 5.32 Å². The molecule has 1 unspecified atom stereocenters. The van der Waals surface area contributed by atoms with E-state index >= 15 is 0 Å². The Labute approximate surface area is 156 Å². The lowest BCUT2D eigenvalue weighted by Crippen LogP contribution is -2.25. The lowest BCUT2D eigenvalue weighted by Gasteiger charge is -2.06. The third-order valence-electron chi connectivity index (χ3n) is 4.08. The van der Waals surface area contributed by atoms with Gasteiger partial charge in [0.05, 0.1) is 12.4 Å². The van der Waals surface area contributed by atoms with Crippen LogP contribution in [0.4, 0.5) is 4.79 Å². The van der Waals surface area contributed by atoms with E-state index in [-0.39, 0.29) is 22.1 Å². The summed E-state index contributed by atoms with van der Waals surface area (Å²) in [6.45, 7) is 0. The topological polar surface area (TPSA) is 75.6 Å². The van der Waals surface area contributed by atoms with E-state index in [4.69, 9.17) is 4.74 Å². The molecule has 1 fully saturated rings. The monoisotopic (exact) mass is 369 g/mol. The Hall–Kier alpha value is -2.73. The van der Waals surface area contributed by atoms with Crippen LogP contribution in [-0.2, 0) is 17.6 Å². The maximum Gasteiger partial charge on any atom is 0.286 e. The fourth-order valence-electron chi connectivity index (χ4n) is 2.68. The van der Waals surface area contributed by atoms with Crippen LogP contribution < -0.4 is 10.1 Å². The average molecular weight is 369 g/mol. The van der Waals surface area contributed by atoms with Crippen molar-refractivity contribution in [2.45, 2.75) is 18.1 Å². The fraction of sp³-hybridized carbons (Fsp3) is 0.200. The quantitative estimate of drug-likeness (QED) is 0.814. The number of carbonyl (C=O) groups excluding carboxylic acids is 2. The fourth-order valence-corrected chi connectivity index (χ4v) is 3.54. The minimum Gasteiger partial charge on any atom is -0.504 e. The number of carbonyl (C=O) groups is 2. The normalized spacial score (nSPS) is 16.9. The minimum atomic E-state index is -0.335. The summed E-state index contributed by atoms with van der Waals surface area (Å²) < 4.78 is 5.10. The van der Waals surface area contributed by atoms with Crippen molar-refractivity contribution in [3.63, 3.8) is 0 Å². The second-order valence-electron chi connectivity index (χ2n) is 5.94. The first-order chi connectivity index (χ1) is 12.5. The van der Waals surface area contributed by atoms with E-state index in [0.29, 0.717) is 12.2 Å². The average Bonchev–Trinajstić information content (AvgIpc) is 2.95. The predicted molar refractivity (Wildman–Crippen MR) is 102 cm³/mol. The molecule has 134 valence electrons. The lowest BCUT2D eigenvalue weighted by atomic mass is 10.0. The third-order valence-corrected chi connectivity index (χ3v) is 5.06. The number of ether oxygens (including phenoxy) is 1. The Bertz CT molecular complexity index is 845. The molecule has 0 aromatic heterocycles. The number of imide groups is 1. The summed E-state index contributed by atoms with van der Waals surface area (Å²) >= 11 is 1.05. The Morgan fingerprint density at radius 2 is 1.88 bits per heavy atom. The highest BCUT2D eigenvalue weighted by Gasteiger charge is 2.31. The highest BCUT2D eigenvalue weighted by atomic mass is 32.2. The standard InChI is InChI=1S/C20H19NO4S/c1-25-17-11-14(9-10-16(17)22)4-2-3-13-5-7-15(8-6-13)12-18-19(23)21-20(24)26-18/h2,4-11,18,22H,3,12H2,1H3,(H,21,23,24). The number of phenols is 1. The molecule has 1 heterocycles. The number of thioether (sulfide) groups is 1. The van der Waals surface area contributed by atoms with Crippen molar-refractivity contribution in [1.82, 2.24) is 5.32 Å². The number of benzene rings is 2. The maximum atomic E-state index is 11.6. The van der Waals surface area contributed by atoms with Gasteiger partial charge in [0.1, 0.15) is 0 Å². The molecule has 2 amide bonds. The Morgan fingerprint density at radius 1 is 1.15 bits per heavy atom. The van der Waals surface area contributed by atoms with E-state index < -0.39 is 0 Å². The summed E-state index contributed by atoms with van der Waals surface area (Å²) in [4.78, 5) is 22.8. The molecular formula is C20H19NO4S. The van der Waals surface area contributed by atoms with Crippen molar-refractivity contribution in [2.75, 3.05) is 7.11 Å². The van der Waals surface area contributed by atoms with Crippen molar-refractivity contribution >= 4 is 29.0 Å². The Kier molecular flexibility index (Phi) is 5.63. The van der Waals surface area contributed by atoms with Crippen molar-refractivity contribution in [1.29, 1.82) is 0 Å². The van der Waals surface area contributed by atoms with Crippen molar-refractivity contribution in [3.05, 3.63) is 65.2 Å². The predicted octanol–water partition coefficient (Wildman–Crippen LogP) is 3.55. The molecule has 1 saturated heterocycles. The van der Waals surface area contributed by atoms with Gasteiger partial charge in [0.15, 0.2) is 11.5 Å². The van der Waals surface area contributed by atoms with Gasteiger partial charge in [-0.15, -0.1) is 0 Å². The highest BCUT2D eigenvalue weighted by molar-refractivity contribution is 8.15. The van der Waals surface area contributed by atoms with E-state index in [1.165, 1.54) is 7.11 Å². The van der Waals surface area contributed by atoms with Gasteiger partial charge in [0.25, 0.3) is 5.24 Å². The molecule has 26 heavy (non-hydrogen) atoms. The van der Waals surface area contributed by atoms with Crippen molar-refractivity contribution < 1.29 is 19.4 Å². The molecule has 0 spiro atoms. The molecule has 1 aliphatic heterocycles. The van der Waals surface area contributed by atoms with Crippen LogP contribution in [0.1, 0.15) is 16.7 Å². The largest absolute Gasteiger partial charge is 0.504 e. The van der Waals surface area contributed by atoms with Crippen LogP contribution in [0.25, 0.3) is 6.08 Å². The molecule has 2 N–H and O–H groups in total. The number of nitrogens with one attached hydrogen (secondary N) is 1. The maximum absolute atomic E-state index is 11.6. The number of hydrogen-bond acceptors (Lipinski definition) is 5. The zero-order chi connectivity index (χ0) is 18.5. The summed E-state index contributed by atoms with van der Waals surface area (Å²) in [5.74, 6) is 0.358. The van der Waals surface area contributed by atoms with Crippen LogP contribution in [0.15, 0.2) is 48.5 Å². The zero-order valence-electron chi connectivity index (χ0n) is 14.3. The highest BCUT2D eigenvalue weighted by Crippen LogP contribution is 2.27. The number of phenolic OH excluding ortho intramolecular Hbond substituents is 1. The van der Waals surface area contributed by atoms with E-state index in [0.717, 1.165) is 34.9 Å². The lowest BCUT2D eigenvalue weighted by molar-refractivity contribution is -0.118. The first kappa shape index (κ1) is 18.1. The molecule has 0 radical (unpaired) electrons. The van der Waals surface area contributed by atoms with Gasteiger partial charge in [-0.25, -0.2) is 0 Å². The second-order valence-corrected chi connectivity index (χ2v) is 7.12. The van der Waals surface area contributed by atoms with Gasteiger partial charge in [-0.05, 0) is 41.7 Å². The van der Waals surface area contributed by atoms with Gasteiger partial charge in [0.2, 0.25) is 5.91 Å². The van der Waals surface area contributed by atoms with Crippen LogP contribution in [0.5, 0.6) is 11.5 Å². The van der Waals surface area contributed by atoms with Crippen molar-refractivity contribution in [2.24, 2.45) is 0 Å². The van der Waals surface area contributed by atoms with Crippen LogP contribution in [0, 0.1) is 0 Å². The molecule has 0 aliphatic carbocycles. The molecule has 1 aliphatic rings. The Balaban J connectivity index is 1.57. The number of aromatic hydroxyl groups is 1. The van der Waals surface area contributed by atoms with Gasteiger partial charge >= 0.3 is 0 Å². The summed E-state index contributed by atoms with van der Waals surface area (Å²) in [5, 5.41) is 11.3. The molecule has 1 atom stereocenters. The molecule has 0 bridgehead atoms. The van der Waals surface area contributed by atoms with E-state index in [1.807, 2.05) is 42.5 Å². The number of allylic oxidation sites excluding steroid dienone is 1. The number of methoxy groups -OCH3 is 1. The number of rotatable bonds is 6. The Morgan fingerprint density at radius 3 is 2.54 bits per heavy atom. The van der Waals surface area contributed by atoms with Crippen LogP contribution in [0.2, 0.25) is 0 Å². The smallest absolute Gasteiger partial charge is 0.286 e. The van der Waals surface area contributed by atoms with Crippen LogP contribution in [0.3, 0.4) is 0 Å². The second kappa shape index (κ2) is 8.10. The first-order valence-electron chi connectivity index (χ1n) is 8.18. The molecule has 6 heteroatoms. The summed E-state index contributed by atoms with van der Waals surface area (Å²) in [6.07, 6.45) is 5.33. The van der Waals surface area contributed by atoms with Gasteiger partial charge in [-0.2, -0.15) is 0 Å². The molecule has 2 aromatic carbocycles. The number of hydrogen-bond donors (Lipinski definition) is 2. The molecule has 3 rings (SSSR count).